The average Bonchev–Trinajstić information content (AvgIpc) is 2.90. The first-order valence-electron chi connectivity index (χ1n) is 8.11. The molecule has 1 N–H and O–H groups in total. The fourth-order valence-corrected chi connectivity index (χ4v) is 3.59. The van der Waals surface area contributed by atoms with Crippen molar-refractivity contribution in [3.8, 4) is 5.75 Å². The minimum Gasteiger partial charge on any atom is -0.496 e. The van der Waals surface area contributed by atoms with Gasteiger partial charge >= 0.3 is 0 Å². The number of hydrogen-bond acceptors (Lipinski definition) is 3. The van der Waals surface area contributed by atoms with Crippen LogP contribution in [0.3, 0.4) is 0 Å². The zero-order valence-corrected chi connectivity index (χ0v) is 16.2. The van der Waals surface area contributed by atoms with Crippen LogP contribution in [0, 0.1) is 6.92 Å². The molecule has 0 radical (unpaired) electrons. The van der Waals surface area contributed by atoms with E-state index in [1.54, 1.807) is 7.11 Å². The maximum Gasteiger partial charge on any atom is 0.179 e. The number of aryl methyl sites for hydroxylation is 1. The predicted molar refractivity (Wildman–Crippen MR) is 104 cm³/mol. The number of halogens is 1. The van der Waals surface area contributed by atoms with Crippen LogP contribution in [0.15, 0.2) is 46.9 Å². The molecule has 0 fully saturated rings. The van der Waals surface area contributed by atoms with Crippen LogP contribution >= 0.6 is 15.9 Å². The number of para-hydroxylation sites is 1. The van der Waals surface area contributed by atoms with Crippen LogP contribution in [0.2, 0.25) is 0 Å². The number of ether oxygens (including phenoxy) is 1. The first-order chi connectivity index (χ1) is 12.0. The highest BCUT2D eigenvalue weighted by Gasteiger charge is 2.18. The van der Waals surface area contributed by atoms with E-state index >= 15 is 0 Å². The van der Waals surface area contributed by atoms with E-state index in [-0.39, 0.29) is 5.78 Å². The van der Waals surface area contributed by atoms with Crippen molar-refractivity contribution in [2.24, 2.45) is 0 Å². The Labute approximate surface area is 155 Å². The van der Waals surface area contributed by atoms with E-state index in [1.165, 1.54) is 0 Å². The summed E-state index contributed by atoms with van der Waals surface area (Å²) < 4.78 is 6.41. The second-order valence-electron chi connectivity index (χ2n) is 6.22. The van der Waals surface area contributed by atoms with Crippen molar-refractivity contribution in [1.29, 1.82) is 0 Å². The third kappa shape index (κ3) is 3.78. The first kappa shape index (κ1) is 17.7. The van der Waals surface area contributed by atoms with Gasteiger partial charge in [-0.15, -0.1) is 0 Å². The van der Waals surface area contributed by atoms with Crippen molar-refractivity contribution in [2.45, 2.75) is 13.5 Å². The molecule has 0 spiro atoms. The van der Waals surface area contributed by atoms with Crippen LogP contribution in [-0.4, -0.2) is 36.4 Å². The molecule has 4 nitrogen and oxygen atoms in total. The minimum absolute atomic E-state index is 0.117. The molecule has 0 unspecified atom stereocenters. The summed E-state index contributed by atoms with van der Waals surface area (Å²) in [5.74, 6) is 0.942. The second kappa shape index (κ2) is 7.42. The van der Waals surface area contributed by atoms with Crippen LogP contribution in [0.1, 0.15) is 21.6 Å². The van der Waals surface area contributed by atoms with Gasteiger partial charge in [-0.1, -0.05) is 34.1 Å². The second-order valence-corrected chi connectivity index (χ2v) is 7.14. The maximum absolute atomic E-state index is 12.9. The number of methoxy groups -OCH3 is 1. The van der Waals surface area contributed by atoms with E-state index < -0.39 is 0 Å². The van der Waals surface area contributed by atoms with E-state index in [0.717, 1.165) is 37.9 Å². The Morgan fingerprint density at radius 2 is 2.00 bits per heavy atom. The Balaban J connectivity index is 1.79. The number of Topliss-reactive ketones (excluding diaryl/α,β-unsaturated/α-hetero) is 1. The van der Waals surface area contributed by atoms with Gasteiger partial charge in [-0.25, -0.2) is 0 Å². The Hall–Kier alpha value is -2.11. The van der Waals surface area contributed by atoms with Gasteiger partial charge in [0.25, 0.3) is 0 Å². The number of rotatable bonds is 6. The third-order valence-electron chi connectivity index (χ3n) is 4.27. The zero-order chi connectivity index (χ0) is 18.0. The predicted octanol–water partition coefficient (Wildman–Crippen LogP) is 4.56. The number of hydrogen-bond donors (Lipinski definition) is 1. The summed E-state index contributed by atoms with van der Waals surface area (Å²) >= 11 is 3.49. The number of carbonyl (C=O) groups excluding carboxylic acids is 1. The molecular weight excluding hydrogens is 380 g/mol. The summed E-state index contributed by atoms with van der Waals surface area (Å²) in [4.78, 5) is 18.2. The monoisotopic (exact) mass is 400 g/mol. The van der Waals surface area contributed by atoms with Crippen LogP contribution < -0.4 is 4.74 Å². The first-order valence-corrected chi connectivity index (χ1v) is 8.90. The molecule has 0 aliphatic rings. The molecule has 130 valence electrons. The van der Waals surface area contributed by atoms with Crippen molar-refractivity contribution < 1.29 is 9.53 Å². The van der Waals surface area contributed by atoms with Gasteiger partial charge in [0.2, 0.25) is 0 Å². The molecule has 0 aliphatic heterocycles. The van der Waals surface area contributed by atoms with Crippen molar-refractivity contribution in [3.63, 3.8) is 0 Å². The lowest BCUT2D eigenvalue weighted by atomic mass is 10.1. The number of aromatic nitrogens is 1. The number of nitrogens with zero attached hydrogens (tertiary/aromatic N) is 1. The standard InChI is InChI=1S/C20H21BrN2O2/c1-13-20(16-6-4-5-7-17(16)22-13)18(24)12-23(2)11-14-10-15(21)8-9-19(14)25-3/h4-10,22H,11-12H2,1-3H3. The largest absolute Gasteiger partial charge is 0.496 e. The number of ketones is 1. The van der Waals surface area contributed by atoms with Gasteiger partial charge in [-0.2, -0.15) is 0 Å². The Morgan fingerprint density at radius 1 is 1.24 bits per heavy atom. The number of likely N-dealkylation sites (N-methyl/N-ethyl adjacent to an activating group) is 1. The quantitative estimate of drug-likeness (QED) is 0.616. The smallest absolute Gasteiger partial charge is 0.179 e. The number of fused-ring (bicyclic) bond motifs is 1. The van der Waals surface area contributed by atoms with Crippen molar-refractivity contribution >= 4 is 32.6 Å². The molecule has 0 bridgehead atoms. The molecule has 1 aromatic heterocycles. The van der Waals surface area contributed by atoms with Gasteiger partial charge in [0.15, 0.2) is 5.78 Å². The van der Waals surface area contributed by atoms with Crippen molar-refractivity contribution in [2.75, 3.05) is 20.7 Å². The van der Waals surface area contributed by atoms with Crippen molar-refractivity contribution in [1.82, 2.24) is 9.88 Å². The lowest BCUT2D eigenvalue weighted by Gasteiger charge is -2.18. The summed E-state index contributed by atoms with van der Waals surface area (Å²) in [7, 11) is 3.61. The molecule has 3 aromatic rings. The van der Waals surface area contributed by atoms with Gasteiger partial charge in [0.1, 0.15) is 5.75 Å². The third-order valence-corrected chi connectivity index (χ3v) is 4.76. The Bertz CT molecular complexity index is 917. The highest BCUT2D eigenvalue weighted by molar-refractivity contribution is 9.10. The molecule has 1 heterocycles. The summed E-state index contributed by atoms with van der Waals surface area (Å²) in [5, 5.41) is 0.985. The lowest BCUT2D eigenvalue weighted by molar-refractivity contribution is 0.0943. The molecule has 0 saturated carbocycles. The number of aromatic amines is 1. The molecule has 5 heteroatoms. The van der Waals surface area contributed by atoms with E-state index in [0.29, 0.717) is 13.1 Å². The summed E-state index contributed by atoms with van der Waals surface area (Å²) in [5.41, 5.74) is 3.74. The Morgan fingerprint density at radius 3 is 2.76 bits per heavy atom. The topological polar surface area (TPSA) is 45.3 Å². The number of benzene rings is 2. The van der Waals surface area contributed by atoms with E-state index in [9.17, 15) is 4.79 Å². The molecule has 0 amide bonds. The number of H-pyrrole nitrogens is 1. The fraction of sp³-hybridized carbons (Fsp3) is 0.250. The number of carbonyl (C=O) groups is 1. The molecular formula is C20H21BrN2O2. The van der Waals surface area contributed by atoms with Crippen LogP contribution in [0.25, 0.3) is 10.9 Å². The molecule has 0 saturated heterocycles. The van der Waals surface area contributed by atoms with Crippen LogP contribution in [0.4, 0.5) is 0 Å². The fourth-order valence-electron chi connectivity index (χ4n) is 3.18. The van der Waals surface area contributed by atoms with Gasteiger partial charge in [0.05, 0.1) is 13.7 Å². The molecule has 3 rings (SSSR count). The zero-order valence-electron chi connectivity index (χ0n) is 14.6. The number of nitrogens with one attached hydrogen (secondary N) is 1. The van der Waals surface area contributed by atoms with E-state index in [4.69, 9.17) is 4.74 Å². The van der Waals surface area contributed by atoms with Gasteiger partial charge in [0, 0.05) is 38.7 Å². The van der Waals surface area contributed by atoms with Gasteiger partial charge < -0.3 is 9.72 Å². The highest BCUT2D eigenvalue weighted by Crippen LogP contribution is 2.25. The SMILES string of the molecule is COc1ccc(Br)cc1CN(C)CC(=O)c1c(C)[nH]c2ccccc12. The molecule has 25 heavy (non-hydrogen) atoms. The Kier molecular flexibility index (Phi) is 5.25. The van der Waals surface area contributed by atoms with Crippen LogP contribution in [0.5, 0.6) is 5.75 Å². The van der Waals surface area contributed by atoms with Gasteiger partial charge in [-0.3, -0.25) is 9.69 Å². The van der Waals surface area contributed by atoms with E-state index in [2.05, 4.69) is 20.9 Å². The molecule has 2 aromatic carbocycles. The normalized spacial score (nSPS) is 11.2. The molecule has 0 aliphatic carbocycles. The van der Waals surface area contributed by atoms with E-state index in [1.807, 2.05) is 61.3 Å². The highest BCUT2D eigenvalue weighted by atomic mass is 79.9. The summed E-state index contributed by atoms with van der Waals surface area (Å²) in [6, 6.07) is 13.8. The maximum atomic E-state index is 12.9. The summed E-state index contributed by atoms with van der Waals surface area (Å²) in [6.07, 6.45) is 0. The van der Waals surface area contributed by atoms with Crippen molar-refractivity contribution in [3.05, 3.63) is 63.8 Å². The minimum atomic E-state index is 0.117. The lowest BCUT2D eigenvalue weighted by Crippen LogP contribution is -2.26. The van der Waals surface area contributed by atoms with Crippen LogP contribution in [-0.2, 0) is 6.54 Å². The summed E-state index contributed by atoms with van der Waals surface area (Å²) in [6.45, 7) is 2.93. The average molecular weight is 401 g/mol. The molecule has 0 atom stereocenters. The van der Waals surface area contributed by atoms with Gasteiger partial charge in [-0.05, 0) is 38.2 Å².